The summed E-state index contributed by atoms with van der Waals surface area (Å²) < 4.78 is 4.96. The largest absolute Gasteiger partial charge is 0.507 e. The highest BCUT2D eigenvalue weighted by Gasteiger charge is 2.17. The summed E-state index contributed by atoms with van der Waals surface area (Å²) in [4.78, 5) is 28.8. The van der Waals surface area contributed by atoms with Crippen LogP contribution in [0.1, 0.15) is 17.3 Å². The van der Waals surface area contributed by atoms with Gasteiger partial charge in [-0.25, -0.2) is 4.79 Å². The molecule has 1 amide bonds. The van der Waals surface area contributed by atoms with E-state index in [1.807, 2.05) is 24.3 Å². The summed E-state index contributed by atoms with van der Waals surface area (Å²) in [6.45, 7) is 6.83. The number of halogens is 1. The molecule has 0 radical (unpaired) electrons. The van der Waals surface area contributed by atoms with Gasteiger partial charge in [0, 0.05) is 42.6 Å². The van der Waals surface area contributed by atoms with Gasteiger partial charge in [-0.3, -0.25) is 4.79 Å². The molecule has 154 valence electrons. The number of aromatic hydroxyl groups is 1. The smallest absolute Gasteiger partial charge is 0.342 e. The molecule has 1 saturated heterocycles. The number of carbonyl (C=O) groups excluding carboxylic acids is 2. The number of nitrogens with zero attached hydrogens (tertiary/aromatic N) is 2. The lowest BCUT2D eigenvalue weighted by Gasteiger charge is -2.35. The summed E-state index contributed by atoms with van der Waals surface area (Å²) in [6, 6.07) is 11.6. The van der Waals surface area contributed by atoms with Gasteiger partial charge in [0.1, 0.15) is 11.3 Å². The molecule has 1 heterocycles. The standard InChI is InChI=1S/C21H24ClN3O4/c1-2-24-9-11-25(12-10-24)17-6-4-16(5-7-17)23-20(27)14-29-21(28)18-8-3-15(22)13-19(18)26/h3-8,13,26H,2,9-12,14H2,1H3,(H,23,27). The second-order valence-electron chi connectivity index (χ2n) is 6.75. The molecule has 0 unspecified atom stereocenters. The van der Waals surface area contributed by atoms with Gasteiger partial charge in [-0.1, -0.05) is 18.5 Å². The zero-order valence-corrected chi connectivity index (χ0v) is 17.0. The fraction of sp³-hybridized carbons (Fsp3) is 0.333. The second-order valence-corrected chi connectivity index (χ2v) is 7.19. The lowest BCUT2D eigenvalue weighted by atomic mass is 10.2. The van der Waals surface area contributed by atoms with Crippen molar-refractivity contribution in [3.63, 3.8) is 0 Å². The zero-order valence-electron chi connectivity index (χ0n) is 16.2. The Hall–Kier alpha value is -2.77. The summed E-state index contributed by atoms with van der Waals surface area (Å²) in [5.74, 6) is -1.55. The van der Waals surface area contributed by atoms with Crippen molar-refractivity contribution < 1.29 is 19.4 Å². The minimum absolute atomic E-state index is 0.0466. The van der Waals surface area contributed by atoms with Crippen molar-refractivity contribution in [2.45, 2.75) is 6.92 Å². The minimum atomic E-state index is -0.795. The van der Waals surface area contributed by atoms with E-state index in [2.05, 4.69) is 22.0 Å². The first-order chi connectivity index (χ1) is 14.0. The van der Waals surface area contributed by atoms with Crippen molar-refractivity contribution in [2.24, 2.45) is 0 Å². The first-order valence-electron chi connectivity index (χ1n) is 9.49. The summed E-state index contributed by atoms with van der Waals surface area (Å²) in [5, 5.41) is 12.7. The number of phenols is 1. The van der Waals surface area contributed by atoms with Gasteiger partial charge in [0.05, 0.1) is 0 Å². The highest BCUT2D eigenvalue weighted by atomic mass is 35.5. The normalized spacial score (nSPS) is 14.5. The predicted octanol–water partition coefficient (Wildman–Crippen LogP) is 2.98. The van der Waals surface area contributed by atoms with E-state index < -0.39 is 18.5 Å². The Morgan fingerprint density at radius 1 is 1.10 bits per heavy atom. The van der Waals surface area contributed by atoms with Crippen LogP contribution in [0.3, 0.4) is 0 Å². The number of likely N-dealkylation sites (N-methyl/N-ethyl adjacent to an activating group) is 1. The molecule has 1 fully saturated rings. The number of rotatable bonds is 6. The Labute approximate surface area is 174 Å². The Morgan fingerprint density at radius 2 is 1.79 bits per heavy atom. The van der Waals surface area contributed by atoms with Crippen LogP contribution in [0.25, 0.3) is 0 Å². The Morgan fingerprint density at radius 3 is 2.41 bits per heavy atom. The monoisotopic (exact) mass is 417 g/mol. The summed E-state index contributed by atoms with van der Waals surface area (Å²) in [7, 11) is 0. The molecule has 0 spiro atoms. The maximum Gasteiger partial charge on any atom is 0.342 e. The third-order valence-electron chi connectivity index (χ3n) is 4.85. The maximum atomic E-state index is 12.1. The van der Waals surface area contributed by atoms with Crippen molar-refractivity contribution >= 4 is 34.9 Å². The molecule has 0 saturated carbocycles. The average molecular weight is 418 g/mol. The molecule has 2 aromatic carbocycles. The van der Waals surface area contributed by atoms with Crippen LogP contribution in [0.5, 0.6) is 5.75 Å². The predicted molar refractivity (Wildman–Crippen MR) is 113 cm³/mol. The van der Waals surface area contributed by atoms with E-state index in [9.17, 15) is 14.7 Å². The Bertz CT molecular complexity index is 865. The van der Waals surface area contributed by atoms with Gasteiger partial charge in [-0.15, -0.1) is 0 Å². The third kappa shape index (κ3) is 5.62. The van der Waals surface area contributed by atoms with Crippen LogP contribution in [0.4, 0.5) is 11.4 Å². The average Bonchev–Trinajstić information content (AvgIpc) is 2.73. The molecule has 8 heteroatoms. The molecular weight excluding hydrogens is 394 g/mol. The van der Waals surface area contributed by atoms with E-state index in [1.165, 1.54) is 18.2 Å². The van der Waals surface area contributed by atoms with Crippen LogP contribution >= 0.6 is 11.6 Å². The van der Waals surface area contributed by atoms with Crippen molar-refractivity contribution in [1.29, 1.82) is 0 Å². The highest BCUT2D eigenvalue weighted by Crippen LogP contribution is 2.23. The van der Waals surface area contributed by atoms with Gasteiger partial charge in [0.2, 0.25) is 0 Å². The molecule has 1 aliphatic heterocycles. The van der Waals surface area contributed by atoms with Gasteiger partial charge < -0.3 is 25.0 Å². The zero-order chi connectivity index (χ0) is 20.8. The molecule has 2 N–H and O–H groups in total. The topological polar surface area (TPSA) is 82.1 Å². The van der Waals surface area contributed by atoms with Crippen LogP contribution in [0.2, 0.25) is 5.02 Å². The number of amides is 1. The van der Waals surface area contributed by atoms with Crippen LogP contribution in [-0.2, 0) is 9.53 Å². The van der Waals surface area contributed by atoms with Crippen molar-refractivity contribution in [2.75, 3.05) is 49.5 Å². The van der Waals surface area contributed by atoms with Crippen molar-refractivity contribution in [3.8, 4) is 5.75 Å². The molecular formula is C21H24ClN3O4. The first-order valence-corrected chi connectivity index (χ1v) is 9.87. The molecule has 0 aliphatic carbocycles. The van der Waals surface area contributed by atoms with Crippen molar-refractivity contribution in [1.82, 2.24) is 4.90 Å². The van der Waals surface area contributed by atoms with Gasteiger partial charge >= 0.3 is 5.97 Å². The molecule has 0 atom stereocenters. The van der Waals surface area contributed by atoms with Crippen molar-refractivity contribution in [3.05, 3.63) is 53.1 Å². The van der Waals surface area contributed by atoms with Crippen LogP contribution < -0.4 is 10.2 Å². The van der Waals surface area contributed by atoms with Crippen LogP contribution in [0, 0.1) is 0 Å². The van der Waals surface area contributed by atoms with Gasteiger partial charge in [0.15, 0.2) is 6.61 Å². The quantitative estimate of drug-likeness (QED) is 0.703. The van der Waals surface area contributed by atoms with E-state index in [0.29, 0.717) is 10.7 Å². The molecule has 3 rings (SSSR count). The minimum Gasteiger partial charge on any atom is -0.507 e. The fourth-order valence-corrected chi connectivity index (χ4v) is 3.33. The Kier molecular flexibility index (Phi) is 6.95. The van der Waals surface area contributed by atoms with E-state index in [-0.39, 0.29) is 11.3 Å². The van der Waals surface area contributed by atoms with E-state index in [4.69, 9.17) is 16.3 Å². The number of piperazine rings is 1. The summed E-state index contributed by atoms with van der Waals surface area (Å²) in [6.07, 6.45) is 0. The number of ether oxygens (including phenoxy) is 1. The molecule has 1 aliphatic rings. The van der Waals surface area contributed by atoms with E-state index in [0.717, 1.165) is 38.4 Å². The molecule has 0 aromatic heterocycles. The number of nitrogens with one attached hydrogen (secondary N) is 1. The molecule has 2 aromatic rings. The lowest BCUT2D eigenvalue weighted by Crippen LogP contribution is -2.46. The number of phenolic OH excluding ortho intramolecular Hbond substituents is 1. The first kappa shape index (κ1) is 21.0. The van der Waals surface area contributed by atoms with E-state index in [1.54, 1.807) is 0 Å². The third-order valence-corrected chi connectivity index (χ3v) is 5.08. The number of hydrogen-bond donors (Lipinski definition) is 2. The summed E-state index contributed by atoms with van der Waals surface area (Å²) >= 11 is 5.73. The van der Waals surface area contributed by atoms with Gasteiger partial charge in [-0.2, -0.15) is 0 Å². The molecule has 7 nitrogen and oxygen atoms in total. The fourth-order valence-electron chi connectivity index (χ4n) is 3.16. The molecule has 0 bridgehead atoms. The number of esters is 1. The number of hydrogen-bond acceptors (Lipinski definition) is 6. The summed E-state index contributed by atoms with van der Waals surface area (Å²) in [5.41, 5.74) is 1.69. The SMILES string of the molecule is CCN1CCN(c2ccc(NC(=O)COC(=O)c3ccc(Cl)cc3O)cc2)CC1. The maximum absolute atomic E-state index is 12.1. The number of anilines is 2. The second kappa shape index (κ2) is 9.62. The van der Waals surface area contributed by atoms with Gasteiger partial charge in [-0.05, 0) is 49.0 Å². The van der Waals surface area contributed by atoms with E-state index >= 15 is 0 Å². The number of benzene rings is 2. The van der Waals surface area contributed by atoms with Crippen LogP contribution in [0.15, 0.2) is 42.5 Å². The number of carbonyl (C=O) groups is 2. The van der Waals surface area contributed by atoms with Crippen LogP contribution in [-0.4, -0.2) is 61.2 Å². The lowest BCUT2D eigenvalue weighted by molar-refractivity contribution is -0.119. The Balaban J connectivity index is 1.48. The highest BCUT2D eigenvalue weighted by molar-refractivity contribution is 6.30. The molecule has 29 heavy (non-hydrogen) atoms. The van der Waals surface area contributed by atoms with Gasteiger partial charge in [0.25, 0.3) is 5.91 Å².